The van der Waals surface area contributed by atoms with E-state index in [9.17, 15) is 0 Å². The van der Waals surface area contributed by atoms with Gasteiger partial charge in [0.05, 0.1) is 18.2 Å². The van der Waals surface area contributed by atoms with Gasteiger partial charge >= 0.3 is 0 Å². The summed E-state index contributed by atoms with van der Waals surface area (Å²) in [5.74, 6) is 0.901. The Balaban J connectivity index is 1.68. The van der Waals surface area contributed by atoms with Gasteiger partial charge in [0.1, 0.15) is 0 Å². The average molecular weight is 311 g/mol. The van der Waals surface area contributed by atoms with E-state index in [1.165, 1.54) is 0 Å². The van der Waals surface area contributed by atoms with E-state index < -0.39 is 0 Å². The van der Waals surface area contributed by atoms with Crippen molar-refractivity contribution in [3.05, 3.63) is 65.0 Å². The molecule has 0 bridgehead atoms. The smallest absolute Gasteiger partial charge is 0.247 e. The van der Waals surface area contributed by atoms with Gasteiger partial charge in [0, 0.05) is 16.3 Å². The van der Waals surface area contributed by atoms with Crippen LogP contribution >= 0.6 is 11.6 Å². The quantitative estimate of drug-likeness (QED) is 0.791. The molecular weight excluding hydrogens is 300 g/mol. The molecule has 1 heterocycles. The second-order valence-corrected chi connectivity index (χ2v) is 4.99. The average Bonchev–Trinajstić information content (AvgIpc) is 3.02. The number of benzene rings is 2. The van der Waals surface area contributed by atoms with Crippen LogP contribution in [0.1, 0.15) is 11.5 Å². The predicted molar refractivity (Wildman–Crippen MR) is 83.2 cm³/mol. The van der Waals surface area contributed by atoms with Gasteiger partial charge < -0.3 is 9.73 Å². The number of nitriles is 1. The number of halogens is 1. The molecule has 22 heavy (non-hydrogen) atoms. The highest BCUT2D eigenvalue weighted by molar-refractivity contribution is 6.30. The third kappa shape index (κ3) is 3.25. The van der Waals surface area contributed by atoms with E-state index in [1.54, 1.807) is 24.3 Å². The first-order valence-electron chi connectivity index (χ1n) is 6.57. The molecule has 0 fully saturated rings. The van der Waals surface area contributed by atoms with Crippen LogP contribution in [0.25, 0.3) is 11.5 Å². The molecule has 0 spiro atoms. The van der Waals surface area contributed by atoms with Crippen molar-refractivity contribution < 1.29 is 4.42 Å². The Morgan fingerprint density at radius 3 is 2.68 bits per heavy atom. The van der Waals surface area contributed by atoms with E-state index in [1.807, 2.05) is 24.3 Å². The molecule has 0 aliphatic heterocycles. The Morgan fingerprint density at radius 2 is 1.95 bits per heavy atom. The first-order valence-corrected chi connectivity index (χ1v) is 6.95. The lowest BCUT2D eigenvalue weighted by atomic mass is 10.2. The van der Waals surface area contributed by atoms with E-state index in [0.717, 1.165) is 11.3 Å². The number of hydrogen-bond acceptors (Lipinski definition) is 5. The number of hydrogen-bond donors (Lipinski definition) is 1. The monoisotopic (exact) mass is 310 g/mol. The molecule has 0 saturated heterocycles. The number of aromatic nitrogens is 2. The van der Waals surface area contributed by atoms with Crippen molar-refractivity contribution in [1.29, 1.82) is 5.26 Å². The summed E-state index contributed by atoms with van der Waals surface area (Å²) in [5.41, 5.74) is 2.28. The fourth-order valence-corrected chi connectivity index (χ4v) is 2.09. The molecule has 2 aromatic carbocycles. The first-order chi connectivity index (χ1) is 10.7. The maximum absolute atomic E-state index is 8.75. The zero-order valence-corrected chi connectivity index (χ0v) is 12.2. The van der Waals surface area contributed by atoms with Crippen molar-refractivity contribution in [1.82, 2.24) is 10.2 Å². The van der Waals surface area contributed by atoms with E-state index in [-0.39, 0.29) is 0 Å². The summed E-state index contributed by atoms with van der Waals surface area (Å²) in [6.07, 6.45) is 0. The van der Waals surface area contributed by atoms with Gasteiger partial charge in [-0.2, -0.15) is 5.26 Å². The maximum Gasteiger partial charge on any atom is 0.247 e. The van der Waals surface area contributed by atoms with Gasteiger partial charge in [0.15, 0.2) is 0 Å². The minimum atomic E-state index is 0.402. The highest BCUT2D eigenvalue weighted by Crippen LogP contribution is 2.21. The minimum Gasteiger partial charge on any atom is -0.419 e. The largest absolute Gasteiger partial charge is 0.419 e. The molecule has 3 aromatic rings. The van der Waals surface area contributed by atoms with Crippen molar-refractivity contribution in [3.8, 4) is 17.5 Å². The molecule has 0 aliphatic carbocycles. The zero-order valence-electron chi connectivity index (χ0n) is 11.5. The van der Waals surface area contributed by atoms with Gasteiger partial charge in [-0.1, -0.05) is 17.7 Å². The second-order valence-electron chi connectivity index (χ2n) is 4.55. The molecule has 6 heteroatoms. The summed E-state index contributed by atoms with van der Waals surface area (Å²) >= 11 is 5.94. The molecule has 3 rings (SSSR count). The lowest BCUT2D eigenvalue weighted by Crippen LogP contribution is -1.99. The van der Waals surface area contributed by atoms with Gasteiger partial charge in [0.2, 0.25) is 11.8 Å². The molecule has 0 saturated carbocycles. The van der Waals surface area contributed by atoms with Crippen molar-refractivity contribution in [3.63, 3.8) is 0 Å². The van der Waals surface area contributed by atoms with Crippen LogP contribution < -0.4 is 5.32 Å². The zero-order chi connectivity index (χ0) is 15.4. The fourth-order valence-electron chi connectivity index (χ4n) is 1.90. The Morgan fingerprint density at radius 1 is 1.14 bits per heavy atom. The third-order valence-corrected chi connectivity index (χ3v) is 3.23. The molecule has 5 nitrogen and oxygen atoms in total. The number of nitrogens with one attached hydrogen (secondary N) is 1. The molecule has 1 N–H and O–H groups in total. The Kier molecular flexibility index (Phi) is 4.03. The van der Waals surface area contributed by atoms with Crippen LogP contribution in [0.15, 0.2) is 52.9 Å². The molecule has 1 aromatic heterocycles. The SMILES string of the molecule is N#Cc1ccc(NCc2nnc(-c3cccc(Cl)c3)o2)cc1. The number of anilines is 1. The van der Waals surface area contributed by atoms with Gasteiger partial charge in [-0.05, 0) is 42.5 Å². The Hall–Kier alpha value is -2.84. The van der Waals surface area contributed by atoms with Crippen LogP contribution in [0.3, 0.4) is 0 Å². The maximum atomic E-state index is 8.75. The van der Waals surface area contributed by atoms with Crippen LogP contribution in [-0.4, -0.2) is 10.2 Å². The summed E-state index contributed by atoms with van der Waals surface area (Å²) in [4.78, 5) is 0. The van der Waals surface area contributed by atoms with Crippen LogP contribution in [0.4, 0.5) is 5.69 Å². The topological polar surface area (TPSA) is 74.7 Å². The highest BCUT2D eigenvalue weighted by atomic mass is 35.5. The lowest BCUT2D eigenvalue weighted by molar-refractivity contribution is 0.515. The lowest BCUT2D eigenvalue weighted by Gasteiger charge is -2.02. The number of nitrogens with zero attached hydrogens (tertiary/aromatic N) is 3. The van der Waals surface area contributed by atoms with Crippen molar-refractivity contribution in [2.75, 3.05) is 5.32 Å². The van der Waals surface area contributed by atoms with Crippen molar-refractivity contribution in [2.45, 2.75) is 6.54 Å². The minimum absolute atomic E-state index is 0.402. The third-order valence-electron chi connectivity index (χ3n) is 3.00. The molecule has 0 atom stereocenters. The standard InChI is InChI=1S/C16H11ClN4O/c17-13-3-1-2-12(8-13)16-21-20-15(22-16)10-19-14-6-4-11(9-18)5-7-14/h1-8,19H,10H2. The van der Waals surface area contributed by atoms with Gasteiger partial charge in [-0.25, -0.2) is 0 Å². The fraction of sp³-hybridized carbons (Fsp3) is 0.0625. The van der Waals surface area contributed by atoms with Crippen LogP contribution in [-0.2, 0) is 6.54 Å². The normalized spacial score (nSPS) is 10.2. The molecule has 0 amide bonds. The van der Waals surface area contributed by atoms with E-state index in [4.69, 9.17) is 21.3 Å². The van der Waals surface area contributed by atoms with E-state index in [2.05, 4.69) is 21.6 Å². The summed E-state index contributed by atoms with van der Waals surface area (Å²) in [6, 6.07) is 16.5. The summed E-state index contributed by atoms with van der Waals surface area (Å²) in [7, 11) is 0. The first kappa shape index (κ1) is 14.1. The second kappa shape index (κ2) is 6.29. The van der Waals surface area contributed by atoms with E-state index >= 15 is 0 Å². The Labute approximate surface area is 132 Å². The molecular formula is C16H11ClN4O. The summed E-state index contributed by atoms with van der Waals surface area (Å²) in [6.45, 7) is 0.402. The van der Waals surface area contributed by atoms with E-state index in [0.29, 0.717) is 28.9 Å². The molecule has 0 unspecified atom stereocenters. The van der Waals surface area contributed by atoms with Crippen molar-refractivity contribution in [2.24, 2.45) is 0 Å². The van der Waals surface area contributed by atoms with Crippen LogP contribution in [0.2, 0.25) is 5.02 Å². The number of rotatable bonds is 4. The summed E-state index contributed by atoms with van der Waals surface area (Å²) in [5, 5.41) is 20.5. The predicted octanol–water partition coefficient (Wildman–Crippen LogP) is 3.87. The molecule has 0 radical (unpaired) electrons. The van der Waals surface area contributed by atoms with Gasteiger partial charge in [-0.3, -0.25) is 0 Å². The molecule has 108 valence electrons. The molecule has 0 aliphatic rings. The van der Waals surface area contributed by atoms with Gasteiger partial charge in [0.25, 0.3) is 0 Å². The van der Waals surface area contributed by atoms with Crippen LogP contribution in [0, 0.1) is 11.3 Å². The Bertz CT molecular complexity index is 821. The summed E-state index contributed by atoms with van der Waals surface area (Å²) < 4.78 is 5.60. The van der Waals surface area contributed by atoms with Gasteiger partial charge in [-0.15, -0.1) is 10.2 Å². The van der Waals surface area contributed by atoms with Crippen molar-refractivity contribution >= 4 is 17.3 Å². The highest BCUT2D eigenvalue weighted by Gasteiger charge is 2.08. The van der Waals surface area contributed by atoms with Crippen LogP contribution in [0.5, 0.6) is 0 Å².